The molecule has 0 bridgehead atoms. The fourth-order valence-electron chi connectivity index (χ4n) is 4.41. The highest BCUT2D eigenvalue weighted by Gasteiger charge is 2.42. The minimum atomic E-state index is 0.420. The Labute approximate surface area is 112 Å². The molecule has 100 valence electrons. The van der Waals surface area contributed by atoms with Gasteiger partial charge in [-0.2, -0.15) is 0 Å². The molecule has 0 atom stereocenters. The van der Waals surface area contributed by atoms with Crippen LogP contribution in [-0.2, 0) is 0 Å². The lowest BCUT2D eigenvalue weighted by Gasteiger charge is -2.33. The van der Waals surface area contributed by atoms with E-state index in [0.717, 1.165) is 0 Å². The third-order valence-electron chi connectivity index (χ3n) is 5.47. The molecule has 0 saturated heterocycles. The van der Waals surface area contributed by atoms with Gasteiger partial charge in [0.05, 0.1) is 0 Å². The second-order valence-electron chi connectivity index (χ2n) is 6.53. The van der Waals surface area contributed by atoms with E-state index in [1.54, 1.807) is 5.57 Å². The van der Waals surface area contributed by atoms with Gasteiger partial charge in [-0.15, -0.1) is 0 Å². The molecular weight excluding hydrogens is 218 g/mol. The lowest BCUT2D eigenvalue weighted by molar-refractivity contribution is 0.411. The molecule has 0 radical (unpaired) electrons. The van der Waals surface area contributed by atoms with Gasteiger partial charge in [-0.3, -0.25) is 4.99 Å². The molecule has 1 saturated carbocycles. The molecule has 1 fully saturated rings. The van der Waals surface area contributed by atoms with E-state index < -0.39 is 0 Å². The second-order valence-corrected chi connectivity index (χ2v) is 6.53. The van der Waals surface area contributed by atoms with Crippen LogP contribution in [0.25, 0.3) is 0 Å². The fraction of sp³-hybridized carbons (Fsp3) is 0.824. The highest BCUT2D eigenvalue weighted by molar-refractivity contribution is 5.94. The van der Waals surface area contributed by atoms with Gasteiger partial charge in [-0.1, -0.05) is 38.5 Å². The lowest BCUT2D eigenvalue weighted by Crippen LogP contribution is -2.28. The van der Waals surface area contributed by atoms with Gasteiger partial charge in [0.2, 0.25) is 0 Å². The van der Waals surface area contributed by atoms with Crippen molar-refractivity contribution in [2.24, 2.45) is 10.4 Å². The van der Waals surface area contributed by atoms with E-state index in [1.165, 1.54) is 88.5 Å². The van der Waals surface area contributed by atoms with Crippen LogP contribution in [0, 0.1) is 5.41 Å². The Balaban J connectivity index is 1.94. The van der Waals surface area contributed by atoms with E-state index in [-0.39, 0.29) is 0 Å². The molecule has 3 aliphatic rings. The average Bonchev–Trinajstić information content (AvgIpc) is 2.54. The van der Waals surface area contributed by atoms with Crippen LogP contribution >= 0.6 is 0 Å². The summed E-state index contributed by atoms with van der Waals surface area (Å²) in [5.41, 5.74) is 5.18. The minimum absolute atomic E-state index is 0.420. The summed E-state index contributed by atoms with van der Waals surface area (Å²) in [5, 5.41) is 0. The highest BCUT2D eigenvalue weighted by Crippen LogP contribution is 2.50. The molecule has 0 amide bonds. The SMILES string of the molecule is CC1=NC2=C(CCCCCC2)C12CCCCCC2. The van der Waals surface area contributed by atoms with Gasteiger partial charge in [0.15, 0.2) is 0 Å². The predicted octanol–water partition coefficient (Wildman–Crippen LogP) is 5.41. The van der Waals surface area contributed by atoms with E-state index in [4.69, 9.17) is 4.99 Å². The first-order chi connectivity index (χ1) is 8.83. The zero-order chi connectivity index (χ0) is 12.4. The molecule has 0 N–H and O–H groups in total. The number of hydrogen-bond acceptors (Lipinski definition) is 1. The summed E-state index contributed by atoms with van der Waals surface area (Å²) in [6.45, 7) is 2.32. The Morgan fingerprint density at radius 2 is 1.39 bits per heavy atom. The smallest absolute Gasteiger partial charge is 0.0404 e. The first kappa shape index (κ1) is 12.4. The van der Waals surface area contributed by atoms with E-state index in [1.807, 2.05) is 0 Å². The van der Waals surface area contributed by atoms with E-state index in [9.17, 15) is 0 Å². The van der Waals surface area contributed by atoms with Crippen LogP contribution in [0.3, 0.4) is 0 Å². The molecule has 1 heteroatoms. The number of aliphatic imine (C=N–C) groups is 1. The van der Waals surface area contributed by atoms with E-state index >= 15 is 0 Å². The lowest BCUT2D eigenvalue weighted by atomic mass is 9.69. The maximum absolute atomic E-state index is 5.03. The monoisotopic (exact) mass is 245 g/mol. The van der Waals surface area contributed by atoms with Crippen LogP contribution < -0.4 is 0 Å². The Morgan fingerprint density at radius 1 is 0.778 bits per heavy atom. The first-order valence-corrected chi connectivity index (χ1v) is 8.11. The van der Waals surface area contributed by atoms with Crippen molar-refractivity contribution in [3.05, 3.63) is 11.3 Å². The quantitative estimate of drug-likeness (QED) is 0.541. The highest BCUT2D eigenvalue weighted by atomic mass is 14.8. The van der Waals surface area contributed by atoms with Crippen molar-refractivity contribution in [3.8, 4) is 0 Å². The molecule has 0 aromatic heterocycles. The third-order valence-corrected chi connectivity index (χ3v) is 5.47. The van der Waals surface area contributed by atoms with Gasteiger partial charge in [0.1, 0.15) is 0 Å². The maximum Gasteiger partial charge on any atom is 0.0404 e. The molecule has 2 aliphatic carbocycles. The zero-order valence-electron chi connectivity index (χ0n) is 11.9. The molecule has 1 nitrogen and oxygen atoms in total. The number of hydrogen-bond donors (Lipinski definition) is 0. The Morgan fingerprint density at radius 3 is 2.11 bits per heavy atom. The Kier molecular flexibility index (Phi) is 3.59. The van der Waals surface area contributed by atoms with Crippen molar-refractivity contribution in [2.75, 3.05) is 0 Å². The largest absolute Gasteiger partial charge is 0.262 e. The zero-order valence-corrected chi connectivity index (χ0v) is 11.9. The predicted molar refractivity (Wildman–Crippen MR) is 78.0 cm³/mol. The van der Waals surface area contributed by atoms with Crippen molar-refractivity contribution in [3.63, 3.8) is 0 Å². The average molecular weight is 245 g/mol. The van der Waals surface area contributed by atoms with E-state index in [0.29, 0.717) is 5.41 Å². The minimum Gasteiger partial charge on any atom is -0.262 e. The van der Waals surface area contributed by atoms with Gasteiger partial charge >= 0.3 is 0 Å². The fourth-order valence-corrected chi connectivity index (χ4v) is 4.41. The van der Waals surface area contributed by atoms with Gasteiger partial charge < -0.3 is 0 Å². The van der Waals surface area contributed by atoms with Gasteiger partial charge in [-0.05, 0) is 51.0 Å². The topological polar surface area (TPSA) is 12.4 Å². The summed E-state index contributed by atoms with van der Waals surface area (Å²) in [4.78, 5) is 5.03. The van der Waals surface area contributed by atoms with Gasteiger partial charge in [0, 0.05) is 16.8 Å². The van der Waals surface area contributed by atoms with Gasteiger partial charge in [0.25, 0.3) is 0 Å². The molecule has 0 aromatic carbocycles. The number of nitrogens with zero attached hydrogens (tertiary/aromatic N) is 1. The molecule has 1 heterocycles. The van der Waals surface area contributed by atoms with Crippen molar-refractivity contribution in [1.82, 2.24) is 0 Å². The van der Waals surface area contributed by atoms with Crippen LogP contribution in [0.1, 0.15) is 84.0 Å². The van der Waals surface area contributed by atoms with Crippen LogP contribution in [0.2, 0.25) is 0 Å². The molecule has 3 rings (SSSR count). The first-order valence-electron chi connectivity index (χ1n) is 8.11. The molecule has 1 spiro atoms. The van der Waals surface area contributed by atoms with Crippen LogP contribution in [0.4, 0.5) is 0 Å². The molecule has 0 aromatic rings. The van der Waals surface area contributed by atoms with Crippen molar-refractivity contribution >= 4 is 5.71 Å². The Bertz CT molecular complexity index is 367. The van der Waals surface area contributed by atoms with Crippen LogP contribution in [0.15, 0.2) is 16.3 Å². The summed E-state index contributed by atoms with van der Waals surface area (Å²) >= 11 is 0. The van der Waals surface area contributed by atoms with Crippen LogP contribution in [-0.4, -0.2) is 5.71 Å². The summed E-state index contributed by atoms with van der Waals surface area (Å²) in [5.74, 6) is 0. The molecule has 0 unspecified atom stereocenters. The van der Waals surface area contributed by atoms with Crippen molar-refractivity contribution in [1.29, 1.82) is 0 Å². The van der Waals surface area contributed by atoms with Crippen molar-refractivity contribution in [2.45, 2.75) is 84.0 Å². The number of fused-ring (bicyclic) bond motifs is 1. The number of rotatable bonds is 0. The maximum atomic E-state index is 5.03. The normalized spacial score (nSPS) is 28.4. The van der Waals surface area contributed by atoms with Gasteiger partial charge in [-0.25, -0.2) is 0 Å². The second kappa shape index (κ2) is 5.19. The summed E-state index contributed by atoms with van der Waals surface area (Å²) in [6.07, 6.45) is 16.7. The van der Waals surface area contributed by atoms with E-state index in [2.05, 4.69) is 6.92 Å². The van der Waals surface area contributed by atoms with Crippen LogP contribution in [0.5, 0.6) is 0 Å². The number of allylic oxidation sites excluding steroid dienone is 2. The molecule has 1 aliphatic heterocycles. The third kappa shape index (κ3) is 2.06. The standard InChI is InChI=1S/C17H27N/c1-14-17(12-8-4-5-9-13-17)15-10-6-2-3-7-11-16(15)18-14/h2-13H2,1H3. The summed E-state index contributed by atoms with van der Waals surface area (Å²) < 4.78 is 0. The summed E-state index contributed by atoms with van der Waals surface area (Å²) in [7, 11) is 0. The summed E-state index contributed by atoms with van der Waals surface area (Å²) in [6, 6.07) is 0. The molecule has 18 heavy (non-hydrogen) atoms. The van der Waals surface area contributed by atoms with Crippen molar-refractivity contribution < 1.29 is 0 Å². The Hall–Kier alpha value is -0.590. The molecular formula is C17H27N.